The van der Waals surface area contributed by atoms with Gasteiger partial charge in [0.05, 0.1) is 13.5 Å². The van der Waals surface area contributed by atoms with Gasteiger partial charge >= 0.3 is 5.97 Å². The van der Waals surface area contributed by atoms with Crippen LogP contribution >= 0.6 is 12.4 Å². The maximum atomic E-state index is 11.0. The first kappa shape index (κ1) is 14.9. The number of rotatable bonds is 4. The summed E-state index contributed by atoms with van der Waals surface area (Å²) in [4.78, 5) is 11.0. The molecule has 0 saturated heterocycles. The van der Waals surface area contributed by atoms with E-state index in [0.29, 0.717) is 6.42 Å². The molecule has 1 aromatic carbocycles. The summed E-state index contributed by atoms with van der Waals surface area (Å²) in [6.07, 6.45) is 0.972. The lowest BCUT2D eigenvalue weighted by atomic mass is 10.0. The molecule has 16 heavy (non-hydrogen) atoms. The standard InChI is InChI=1S/C12H17NO2.ClH/c1-9-3-5-10(6-4-9)7-11(13)8-12(14)15-2;/h3-6,11H,7-8,13H2,1-2H3;1H/t11-;/m1./s1. The van der Waals surface area contributed by atoms with Crippen LogP contribution < -0.4 is 5.73 Å². The third kappa shape index (κ3) is 5.14. The fourth-order valence-corrected chi connectivity index (χ4v) is 1.40. The van der Waals surface area contributed by atoms with Gasteiger partial charge in [0.15, 0.2) is 0 Å². The summed E-state index contributed by atoms with van der Waals surface area (Å²) in [7, 11) is 1.38. The molecular weight excluding hydrogens is 226 g/mol. The molecule has 0 aliphatic heterocycles. The fourth-order valence-electron chi connectivity index (χ4n) is 1.40. The largest absolute Gasteiger partial charge is 0.469 e. The molecule has 4 heteroatoms. The third-order valence-electron chi connectivity index (χ3n) is 2.28. The van der Waals surface area contributed by atoms with Crippen molar-refractivity contribution in [3.8, 4) is 0 Å². The number of hydrogen-bond acceptors (Lipinski definition) is 3. The zero-order valence-corrected chi connectivity index (χ0v) is 10.4. The van der Waals surface area contributed by atoms with Crippen molar-refractivity contribution in [3.05, 3.63) is 35.4 Å². The lowest BCUT2D eigenvalue weighted by Gasteiger charge is -2.10. The molecule has 0 aromatic heterocycles. The smallest absolute Gasteiger partial charge is 0.307 e. The Hall–Kier alpha value is -1.06. The predicted molar refractivity (Wildman–Crippen MR) is 66.7 cm³/mol. The van der Waals surface area contributed by atoms with Crippen molar-refractivity contribution in [3.63, 3.8) is 0 Å². The molecule has 1 rings (SSSR count). The van der Waals surface area contributed by atoms with Crippen LogP contribution in [0.2, 0.25) is 0 Å². The highest BCUT2D eigenvalue weighted by Gasteiger charge is 2.09. The van der Waals surface area contributed by atoms with Gasteiger partial charge in [0.1, 0.15) is 0 Å². The molecule has 0 unspecified atom stereocenters. The van der Waals surface area contributed by atoms with Crippen LogP contribution in [0.5, 0.6) is 0 Å². The van der Waals surface area contributed by atoms with E-state index in [9.17, 15) is 4.79 Å². The Morgan fingerprint density at radius 2 is 1.94 bits per heavy atom. The van der Waals surface area contributed by atoms with Crippen LogP contribution in [0, 0.1) is 6.92 Å². The van der Waals surface area contributed by atoms with E-state index in [1.165, 1.54) is 12.7 Å². The van der Waals surface area contributed by atoms with Gasteiger partial charge in [-0.25, -0.2) is 0 Å². The monoisotopic (exact) mass is 243 g/mol. The van der Waals surface area contributed by atoms with Gasteiger partial charge in [-0.15, -0.1) is 12.4 Å². The number of ether oxygens (including phenoxy) is 1. The van der Waals surface area contributed by atoms with E-state index in [2.05, 4.69) is 4.74 Å². The third-order valence-corrected chi connectivity index (χ3v) is 2.28. The second kappa shape index (κ2) is 7.25. The van der Waals surface area contributed by atoms with E-state index in [1.807, 2.05) is 31.2 Å². The van der Waals surface area contributed by atoms with Crippen LogP contribution in [0.4, 0.5) is 0 Å². The van der Waals surface area contributed by atoms with Crippen molar-refractivity contribution < 1.29 is 9.53 Å². The van der Waals surface area contributed by atoms with Gasteiger partial charge in [-0.3, -0.25) is 4.79 Å². The number of halogens is 1. The van der Waals surface area contributed by atoms with Gasteiger partial charge in [-0.1, -0.05) is 29.8 Å². The van der Waals surface area contributed by atoms with Gasteiger partial charge < -0.3 is 10.5 Å². The summed E-state index contributed by atoms with van der Waals surface area (Å²) < 4.78 is 4.56. The number of carbonyl (C=O) groups excluding carboxylic acids is 1. The highest BCUT2D eigenvalue weighted by molar-refractivity contribution is 5.85. The minimum atomic E-state index is -0.255. The molecule has 0 radical (unpaired) electrons. The molecular formula is C12H18ClNO2. The van der Waals surface area contributed by atoms with Crippen molar-refractivity contribution in [2.45, 2.75) is 25.8 Å². The molecule has 0 fully saturated rings. The van der Waals surface area contributed by atoms with Crippen molar-refractivity contribution in [2.75, 3.05) is 7.11 Å². The number of nitrogens with two attached hydrogens (primary N) is 1. The molecule has 2 N–H and O–H groups in total. The van der Waals surface area contributed by atoms with Gasteiger partial charge in [0, 0.05) is 6.04 Å². The predicted octanol–water partition coefficient (Wildman–Crippen LogP) is 1.85. The average molecular weight is 244 g/mol. The van der Waals surface area contributed by atoms with E-state index in [4.69, 9.17) is 5.73 Å². The van der Waals surface area contributed by atoms with Crippen LogP contribution in [0.3, 0.4) is 0 Å². The maximum Gasteiger partial charge on any atom is 0.307 e. The summed E-state index contributed by atoms with van der Waals surface area (Å²) >= 11 is 0. The number of aryl methyl sites for hydroxylation is 1. The first-order chi connectivity index (χ1) is 7.11. The van der Waals surface area contributed by atoms with Gasteiger partial charge in [0.2, 0.25) is 0 Å². The zero-order chi connectivity index (χ0) is 11.3. The number of hydrogen-bond donors (Lipinski definition) is 1. The number of methoxy groups -OCH3 is 1. The van der Waals surface area contributed by atoms with Crippen molar-refractivity contribution >= 4 is 18.4 Å². The molecule has 3 nitrogen and oxygen atoms in total. The Morgan fingerprint density at radius 3 is 2.44 bits per heavy atom. The van der Waals surface area contributed by atoms with E-state index >= 15 is 0 Å². The van der Waals surface area contributed by atoms with Crippen LogP contribution in [0.1, 0.15) is 17.5 Å². The topological polar surface area (TPSA) is 52.3 Å². The van der Waals surface area contributed by atoms with Crippen LogP contribution in [0.15, 0.2) is 24.3 Å². The SMILES string of the molecule is COC(=O)C[C@H](N)Cc1ccc(C)cc1.Cl. The van der Waals surface area contributed by atoms with E-state index in [1.54, 1.807) is 0 Å². The molecule has 1 aromatic rings. The average Bonchev–Trinajstić information content (AvgIpc) is 2.21. The Kier molecular flexibility index (Phi) is 6.77. The number of benzene rings is 1. The fraction of sp³-hybridized carbons (Fsp3) is 0.417. The van der Waals surface area contributed by atoms with Crippen LogP contribution in [0.25, 0.3) is 0 Å². The first-order valence-electron chi connectivity index (χ1n) is 4.99. The summed E-state index contributed by atoms with van der Waals surface area (Å²) in [5.41, 5.74) is 8.19. The summed E-state index contributed by atoms with van der Waals surface area (Å²) in [5.74, 6) is -0.255. The number of carbonyl (C=O) groups is 1. The molecule has 0 spiro atoms. The van der Waals surface area contributed by atoms with Gasteiger partial charge in [-0.2, -0.15) is 0 Å². The molecule has 0 heterocycles. The molecule has 0 bridgehead atoms. The Labute approximate surface area is 102 Å². The van der Waals surface area contributed by atoms with Crippen molar-refractivity contribution in [1.82, 2.24) is 0 Å². The van der Waals surface area contributed by atoms with Crippen molar-refractivity contribution in [1.29, 1.82) is 0 Å². The molecule has 0 saturated carbocycles. The quantitative estimate of drug-likeness (QED) is 0.822. The highest BCUT2D eigenvalue weighted by Crippen LogP contribution is 2.07. The minimum absolute atomic E-state index is 0. The van der Waals surface area contributed by atoms with E-state index < -0.39 is 0 Å². The van der Waals surface area contributed by atoms with Gasteiger partial charge in [-0.05, 0) is 18.9 Å². The zero-order valence-electron chi connectivity index (χ0n) is 9.60. The number of esters is 1. The molecule has 0 aliphatic rings. The first-order valence-corrected chi connectivity index (χ1v) is 4.99. The normalized spacial score (nSPS) is 11.4. The van der Waals surface area contributed by atoms with Crippen molar-refractivity contribution in [2.24, 2.45) is 5.73 Å². The highest BCUT2D eigenvalue weighted by atomic mass is 35.5. The Balaban J connectivity index is 0.00000225. The van der Waals surface area contributed by atoms with E-state index in [0.717, 1.165) is 5.56 Å². The molecule has 0 amide bonds. The Morgan fingerprint density at radius 1 is 1.38 bits per heavy atom. The maximum absolute atomic E-state index is 11.0. The summed E-state index contributed by atoms with van der Waals surface area (Å²) in [5, 5.41) is 0. The molecule has 90 valence electrons. The lowest BCUT2D eigenvalue weighted by molar-refractivity contribution is -0.140. The Bertz CT molecular complexity index is 324. The van der Waals surface area contributed by atoms with Crippen LogP contribution in [-0.4, -0.2) is 19.1 Å². The summed E-state index contributed by atoms with van der Waals surface area (Å²) in [6.45, 7) is 2.04. The second-order valence-corrected chi connectivity index (χ2v) is 3.73. The summed E-state index contributed by atoms with van der Waals surface area (Å²) in [6, 6.07) is 7.99. The minimum Gasteiger partial charge on any atom is -0.469 e. The second-order valence-electron chi connectivity index (χ2n) is 3.73. The molecule has 0 aliphatic carbocycles. The van der Waals surface area contributed by atoms with Gasteiger partial charge in [0.25, 0.3) is 0 Å². The molecule has 1 atom stereocenters. The van der Waals surface area contributed by atoms with E-state index in [-0.39, 0.29) is 30.8 Å². The lowest BCUT2D eigenvalue weighted by Crippen LogP contribution is -2.26. The van der Waals surface area contributed by atoms with Crippen LogP contribution in [-0.2, 0) is 16.0 Å².